The highest BCUT2D eigenvalue weighted by molar-refractivity contribution is 5.85. The molecule has 6 fully saturated rings. The normalized spacial score (nSPS) is 58.6. The molecule has 0 aromatic carbocycles. The van der Waals surface area contributed by atoms with Gasteiger partial charge < -0.3 is 9.84 Å². The first-order chi connectivity index (χ1) is 15.2. The van der Waals surface area contributed by atoms with E-state index in [2.05, 4.69) is 48.5 Å². The minimum Gasteiger partial charge on any atom is -0.385 e. The van der Waals surface area contributed by atoms with Gasteiger partial charge in [0.2, 0.25) is 0 Å². The third kappa shape index (κ3) is 2.53. The van der Waals surface area contributed by atoms with Crippen molar-refractivity contribution >= 4 is 5.78 Å². The summed E-state index contributed by atoms with van der Waals surface area (Å²) in [6.07, 6.45) is 10.5. The fraction of sp³-hybridized carbons (Fsp3) is 0.967. The quantitative estimate of drug-likeness (QED) is 0.458. The monoisotopic (exact) mass is 456 g/mol. The smallest absolute Gasteiger partial charge is 0.162 e. The van der Waals surface area contributed by atoms with Crippen LogP contribution in [0.2, 0.25) is 0 Å². The van der Waals surface area contributed by atoms with E-state index >= 15 is 0 Å². The van der Waals surface area contributed by atoms with Gasteiger partial charge in [-0.2, -0.15) is 0 Å². The number of ether oxygens (including phenoxy) is 1. The molecule has 1 heterocycles. The Morgan fingerprint density at radius 2 is 1.52 bits per heavy atom. The Morgan fingerprint density at radius 3 is 2.24 bits per heavy atom. The van der Waals surface area contributed by atoms with Crippen LogP contribution in [-0.2, 0) is 9.53 Å². The largest absolute Gasteiger partial charge is 0.385 e. The van der Waals surface area contributed by atoms with Crippen LogP contribution < -0.4 is 0 Å². The summed E-state index contributed by atoms with van der Waals surface area (Å²) >= 11 is 0. The zero-order valence-corrected chi connectivity index (χ0v) is 22.3. The number of aliphatic hydroxyl groups is 1. The Hall–Kier alpha value is -0.410. The van der Waals surface area contributed by atoms with Crippen molar-refractivity contribution < 1.29 is 14.6 Å². The highest BCUT2D eigenvalue weighted by Gasteiger charge is 2.73. The third-order valence-electron chi connectivity index (χ3n) is 13.9. The molecule has 6 rings (SSSR count). The van der Waals surface area contributed by atoms with Crippen LogP contribution in [0.15, 0.2) is 0 Å². The van der Waals surface area contributed by atoms with Gasteiger partial charge in [0.25, 0.3) is 0 Å². The maximum absolute atomic E-state index is 13.1. The van der Waals surface area contributed by atoms with Crippen LogP contribution in [0.4, 0.5) is 0 Å². The molecule has 2 bridgehead atoms. The minimum absolute atomic E-state index is 0.0112. The van der Waals surface area contributed by atoms with Crippen molar-refractivity contribution in [1.29, 1.82) is 0 Å². The fourth-order valence-electron chi connectivity index (χ4n) is 11.9. The minimum atomic E-state index is -0.793. The zero-order valence-electron chi connectivity index (χ0n) is 22.3. The number of hydrogen-bond donors (Lipinski definition) is 1. The lowest BCUT2D eigenvalue weighted by Crippen LogP contribution is -2.68. The van der Waals surface area contributed by atoms with Crippen molar-refractivity contribution in [2.45, 2.75) is 118 Å². The molecule has 10 atom stereocenters. The van der Waals surface area contributed by atoms with Crippen LogP contribution >= 0.6 is 0 Å². The molecule has 0 radical (unpaired) electrons. The summed E-state index contributed by atoms with van der Waals surface area (Å²) in [5.41, 5.74) is 1.00. The van der Waals surface area contributed by atoms with Gasteiger partial charge in [0.05, 0.1) is 12.7 Å². The molecule has 1 saturated heterocycles. The van der Waals surface area contributed by atoms with E-state index in [1.165, 1.54) is 44.9 Å². The Bertz CT molecular complexity index is 876. The first-order valence-corrected chi connectivity index (χ1v) is 14.1. The summed E-state index contributed by atoms with van der Waals surface area (Å²) in [5, 5.41) is 10.8. The van der Waals surface area contributed by atoms with Crippen LogP contribution in [0.5, 0.6) is 0 Å². The van der Waals surface area contributed by atoms with Crippen LogP contribution in [-0.4, -0.2) is 29.7 Å². The number of hydrogen-bond acceptors (Lipinski definition) is 3. The maximum atomic E-state index is 13.1. The van der Waals surface area contributed by atoms with E-state index in [0.29, 0.717) is 40.6 Å². The predicted octanol–water partition coefficient (Wildman–Crippen LogP) is 6.42. The van der Waals surface area contributed by atoms with E-state index in [9.17, 15) is 9.90 Å². The first kappa shape index (κ1) is 23.0. The van der Waals surface area contributed by atoms with E-state index in [1.54, 1.807) is 0 Å². The van der Waals surface area contributed by atoms with Crippen LogP contribution in [0, 0.1) is 56.2 Å². The van der Waals surface area contributed by atoms with Gasteiger partial charge in [-0.25, -0.2) is 0 Å². The molecule has 0 amide bonds. The second-order valence-corrected chi connectivity index (χ2v) is 15.6. The van der Waals surface area contributed by atoms with E-state index < -0.39 is 6.10 Å². The number of Topliss-reactive ketones (excluding diaryl/α,β-unsaturated/α-hetero) is 1. The van der Waals surface area contributed by atoms with E-state index in [0.717, 1.165) is 24.9 Å². The summed E-state index contributed by atoms with van der Waals surface area (Å²) in [7, 11) is 0. The molecule has 0 spiro atoms. The number of carbonyl (C=O) groups excluding carboxylic acids is 1. The van der Waals surface area contributed by atoms with Gasteiger partial charge in [0.1, 0.15) is 6.10 Å². The van der Waals surface area contributed by atoms with Crippen molar-refractivity contribution in [3.8, 4) is 0 Å². The average Bonchev–Trinajstić information content (AvgIpc) is 3.06. The molecule has 3 nitrogen and oxygen atoms in total. The molecule has 1 aliphatic heterocycles. The number of rotatable bonds is 0. The molecule has 3 heteroatoms. The molecule has 0 unspecified atom stereocenters. The topological polar surface area (TPSA) is 46.5 Å². The summed E-state index contributed by atoms with van der Waals surface area (Å²) in [6, 6.07) is 0. The van der Waals surface area contributed by atoms with Gasteiger partial charge in [-0.15, -0.1) is 0 Å². The van der Waals surface area contributed by atoms with Crippen molar-refractivity contribution in [3.63, 3.8) is 0 Å². The molecular weight excluding hydrogens is 408 g/mol. The SMILES string of the molecule is CC1(C)CC[C@]23CC[C@]4(C)[C@H](CC[C@@H]5[C@@]6(C)CC(=O)[C@H](O)C(C)(C)[C@@H]6CC[C@]54C)[C@H]2[C@H]1OC3. The van der Waals surface area contributed by atoms with Crippen molar-refractivity contribution in [2.75, 3.05) is 6.61 Å². The van der Waals surface area contributed by atoms with Gasteiger partial charge in [-0.05, 0) is 102 Å². The van der Waals surface area contributed by atoms with Crippen molar-refractivity contribution in [2.24, 2.45) is 56.2 Å². The molecule has 6 aliphatic rings. The second-order valence-electron chi connectivity index (χ2n) is 15.6. The zero-order chi connectivity index (χ0) is 23.8. The van der Waals surface area contributed by atoms with E-state index in [4.69, 9.17) is 4.74 Å². The lowest BCUT2D eigenvalue weighted by atomic mass is 9.31. The lowest BCUT2D eigenvalue weighted by Gasteiger charge is -2.73. The van der Waals surface area contributed by atoms with E-state index in [-0.39, 0.29) is 22.0 Å². The summed E-state index contributed by atoms with van der Waals surface area (Å²) < 4.78 is 6.68. The van der Waals surface area contributed by atoms with Crippen LogP contribution in [0.3, 0.4) is 0 Å². The molecule has 5 aliphatic carbocycles. The second kappa shape index (κ2) is 6.47. The summed E-state index contributed by atoms with van der Waals surface area (Å²) in [4.78, 5) is 13.1. The molecule has 186 valence electrons. The molecule has 33 heavy (non-hydrogen) atoms. The Kier molecular flexibility index (Phi) is 4.51. The Labute approximate surface area is 201 Å². The van der Waals surface area contributed by atoms with Gasteiger partial charge in [-0.1, -0.05) is 48.5 Å². The highest BCUT2D eigenvalue weighted by atomic mass is 16.5. The fourth-order valence-corrected chi connectivity index (χ4v) is 11.9. The van der Waals surface area contributed by atoms with Gasteiger partial charge in [0, 0.05) is 11.8 Å². The molecule has 0 aromatic rings. The van der Waals surface area contributed by atoms with Crippen molar-refractivity contribution in [1.82, 2.24) is 0 Å². The summed E-state index contributed by atoms with van der Waals surface area (Å²) in [5.74, 6) is 2.56. The number of carbonyl (C=O) groups is 1. The summed E-state index contributed by atoms with van der Waals surface area (Å²) in [6.45, 7) is 18.0. The molecule has 1 N–H and O–H groups in total. The lowest BCUT2D eigenvalue weighted by molar-refractivity contribution is -0.247. The first-order valence-electron chi connectivity index (χ1n) is 14.1. The highest BCUT2D eigenvalue weighted by Crippen LogP contribution is 2.77. The Balaban J connectivity index is 1.41. The molecule has 0 aromatic heterocycles. The van der Waals surface area contributed by atoms with Gasteiger partial charge >= 0.3 is 0 Å². The number of ketones is 1. The van der Waals surface area contributed by atoms with E-state index in [1.807, 2.05) is 0 Å². The van der Waals surface area contributed by atoms with Crippen molar-refractivity contribution in [3.05, 3.63) is 0 Å². The standard InChI is InChI=1S/C30H48O3/c1-25(2)12-14-30-15-13-28(6)18(22(30)24(25)33-17-30)8-9-21-27(5)16-19(31)23(32)26(3,4)20(27)10-11-29(21,28)7/h18,20-24,32H,8-17H2,1-7H3/t18-,20+,21-,22+,23+,24-,27+,28-,29-,30-/m1/s1. The predicted molar refractivity (Wildman–Crippen MR) is 131 cm³/mol. The number of aliphatic hydroxyl groups excluding tert-OH is 1. The van der Waals surface area contributed by atoms with Gasteiger partial charge in [0.15, 0.2) is 5.78 Å². The van der Waals surface area contributed by atoms with Crippen LogP contribution in [0.1, 0.15) is 106 Å². The third-order valence-corrected chi connectivity index (χ3v) is 13.9. The van der Waals surface area contributed by atoms with Crippen LogP contribution in [0.25, 0.3) is 0 Å². The Morgan fingerprint density at radius 1 is 0.818 bits per heavy atom. The molecule has 5 saturated carbocycles. The molecular formula is C30H48O3. The average molecular weight is 457 g/mol. The number of fused-ring (bicyclic) bond motifs is 5. The maximum Gasteiger partial charge on any atom is 0.162 e. The van der Waals surface area contributed by atoms with Gasteiger partial charge in [-0.3, -0.25) is 4.79 Å².